The third kappa shape index (κ3) is 3.73. The number of nitro benzene ring substituents is 1. The third-order valence-electron chi connectivity index (χ3n) is 3.90. The van der Waals surface area contributed by atoms with E-state index in [1.165, 1.54) is 19.2 Å². The molecular weight excluding hydrogens is 290 g/mol. The monoisotopic (exact) mass is 309 g/mol. The first-order valence-electron chi connectivity index (χ1n) is 7.20. The van der Waals surface area contributed by atoms with Crippen LogP contribution in [0.4, 0.5) is 5.69 Å². The van der Waals surface area contributed by atoms with Crippen molar-refractivity contribution in [2.45, 2.75) is 31.8 Å². The lowest BCUT2D eigenvalue weighted by molar-refractivity contribution is -0.386. The minimum atomic E-state index is -0.641. The van der Waals surface area contributed by atoms with Crippen LogP contribution in [0.3, 0.4) is 0 Å². The highest BCUT2D eigenvalue weighted by molar-refractivity contribution is 5.90. The molecule has 7 heteroatoms. The topological polar surface area (TPSA) is 98.9 Å². The van der Waals surface area contributed by atoms with Crippen molar-refractivity contribution in [3.8, 4) is 5.75 Å². The van der Waals surface area contributed by atoms with Gasteiger partial charge in [0.15, 0.2) is 5.75 Å². The number of hydrogen-bond donors (Lipinski definition) is 1. The van der Waals surface area contributed by atoms with E-state index in [1.54, 1.807) is 0 Å². The SMILES string of the molecule is COC(=O)c1ccc(OCC2CCCCC2O)c([N+](=O)[O-])c1. The average molecular weight is 309 g/mol. The summed E-state index contributed by atoms with van der Waals surface area (Å²) >= 11 is 0. The fourth-order valence-electron chi connectivity index (χ4n) is 2.61. The lowest BCUT2D eigenvalue weighted by Crippen LogP contribution is -2.29. The maximum Gasteiger partial charge on any atom is 0.338 e. The van der Waals surface area contributed by atoms with E-state index < -0.39 is 17.0 Å². The molecule has 0 aliphatic heterocycles. The Kier molecular flexibility index (Phi) is 5.32. The molecule has 22 heavy (non-hydrogen) atoms. The number of aliphatic hydroxyl groups excluding tert-OH is 1. The number of methoxy groups -OCH3 is 1. The van der Waals surface area contributed by atoms with E-state index in [9.17, 15) is 20.0 Å². The highest BCUT2D eigenvalue weighted by atomic mass is 16.6. The number of ether oxygens (including phenoxy) is 2. The van der Waals surface area contributed by atoms with Crippen LogP contribution >= 0.6 is 0 Å². The molecule has 2 unspecified atom stereocenters. The number of carbonyl (C=O) groups is 1. The molecule has 1 aromatic rings. The molecule has 0 amide bonds. The minimum Gasteiger partial charge on any atom is -0.486 e. The molecule has 1 aliphatic carbocycles. The molecule has 1 saturated carbocycles. The Morgan fingerprint density at radius 2 is 2.14 bits per heavy atom. The Morgan fingerprint density at radius 3 is 2.77 bits per heavy atom. The van der Waals surface area contributed by atoms with Crippen LogP contribution in [0.5, 0.6) is 5.75 Å². The molecular formula is C15H19NO6. The Labute approximate surface area is 128 Å². The van der Waals surface area contributed by atoms with E-state index >= 15 is 0 Å². The number of nitro groups is 1. The fraction of sp³-hybridized carbons (Fsp3) is 0.533. The van der Waals surface area contributed by atoms with Crippen LogP contribution in [-0.4, -0.2) is 35.8 Å². The minimum absolute atomic E-state index is 0.0198. The first kappa shape index (κ1) is 16.2. The molecule has 1 fully saturated rings. The number of benzene rings is 1. The van der Waals surface area contributed by atoms with Gasteiger partial charge in [0, 0.05) is 12.0 Å². The summed E-state index contributed by atoms with van der Waals surface area (Å²) < 4.78 is 10.1. The molecule has 0 aromatic heterocycles. The highest BCUT2D eigenvalue weighted by Crippen LogP contribution is 2.31. The summed E-state index contributed by atoms with van der Waals surface area (Å²) in [5, 5.41) is 21.0. The summed E-state index contributed by atoms with van der Waals surface area (Å²) in [6.07, 6.45) is 3.16. The summed E-state index contributed by atoms with van der Waals surface area (Å²) in [7, 11) is 1.21. The quantitative estimate of drug-likeness (QED) is 0.509. The van der Waals surface area contributed by atoms with E-state index in [-0.39, 0.29) is 29.5 Å². The van der Waals surface area contributed by atoms with Crippen molar-refractivity contribution in [1.82, 2.24) is 0 Å². The largest absolute Gasteiger partial charge is 0.486 e. The highest BCUT2D eigenvalue weighted by Gasteiger charge is 2.25. The Hall–Kier alpha value is -2.15. The lowest BCUT2D eigenvalue weighted by atomic mass is 9.87. The van der Waals surface area contributed by atoms with Gasteiger partial charge in [-0.15, -0.1) is 0 Å². The van der Waals surface area contributed by atoms with E-state index in [0.717, 1.165) is 31.7 Å². The van der Waals surface area contributed by atoms with Gasteiger partial charge in [-0.1, -0.05) is 12.8 Å². The summed E-state index contributed by atoms with van der Waals surface area (Å²) in [6.45, 7) is 0.222. The maximum atomic E-state index is 11.4. The van der Waals surface area contributed by atoms with Crippen molar-refractivity contribution in [3.63, 3.8) is 0 Å². The van der Waals surface area contributed by atoms with Gasteiger partial charge in [0.2, 0.25) is 0 Å². The molecule has 1 aromatic carbocycles. The van der Waals surface area contributed by atoms with Gasteiger partial charge >= 0.3 is 11.7 Å². The molecule has 0 bridgehead atoms. The zero-order valence-corrected chi connectivity index (χ0v) is 12.4. The number of rotatable bonds is 5. The van der Waals surface area contributed by atoms with Gasteiger partial charge in [-0.3, -0.25) is 10.1 Å². The van der Waals surface area contributed by atoms with Crippen LogP contribution in [-0.2, 0) is 4.74 Å². The second kappa shape index (κ2) is 7.22. The summed E-state index contributed by atoms with van der Waals surface area (Å²) in [6, 6.07) is 3.95. The Morgan fingerprint density at radius 1 is 1.41 bits per heavy atom. The predicted octanol–water partition coefficient (Wildman–Crippen LogP) is 2.31. The summed E-state index contributed by atoms with van der Waals surface area (Å²) in [5.74, 6) is -0.568. The Bertz CT molecular complexity index is 559. The normalized spacial score (nSPS) is 21.2. The molecule has 0 radical (unpaired) electrons. The van der Waals surface area contributed by atoms with Gasteiger partial charge in [-0.2, -0.15) is 0 Å². The van der Waals surface area contributed by atoms with Crippen LogP contribution in [0.25, 0.3) is 0 Å². The standard InChI is InChI=1S/C15H19NO6/c1-21-15(18)10-6-7-14(12(8-10)16(19)20)22-9-11-4-2-3-5-13(11)17/h6-8,11,13,17H,2-5,9H2,1H3. The first-order chi connectivity index (χ1) is 10.5. The molecule has 0 spiro atoms. The number of hydrogen-bond acceptors (Lipinski definition) is 6. The van der Waals surface area contributed by atoms with Crippen molar-refractivity contribution in [2.24, 2.45) is 5.92 Å². The van der Waals surface area contributed by atoms with Crippen molar-refractivity contribution in [3.05, 3.63) is 33.9 Å². The smallest absolute Gasteiger partial charge is 0.338 e. The van der Waals surface area contributed by atoms with E-state index in [4.69, 9.17) is 4.74 Å². The molecule has 0 heterocycles. The van der Waals surface area contributed by atoms with Crippen molar-refractivity contribution < 1.29 is 24.3 Å². The van der Waals surface area contributed by atoms with Crippen LogP contribution in [0.15, 0.2) is 18.2 Å². The van der Waals surface area contributed by atoms with Crippen molar-refractivity contribution >= 4 is 11.7 Å². The molecule has 1 aliphatic rings. The zero-order chi connectivity index (χ0) is 16.1. The summed E-state index contributed by atoms with van der Waals surface area (Å²) in [5.41, 5.74) is -0.188. The van der Waals surface area contributed by atoms with Gasteiger partial charge in [0.1, 0.15) is 0 Å². The van der Waals surface area contributed by atoms with E-state index in [2.05, 4.69) is 4.74 Å². The zero-order valence-electron chi connectivity index (χ0n) is 12.4. The van der Waals surface area contributed by atoms with E-state index in [0.29, 0.717) is 0 Å². The van der Waals surface area contributed by atoms with Gasteiger partial charge in [-0.05, 0) is 25.0 Å². The van der Waals surface area contributed by atoms with Crippen molar-refractivity contribution in [1.29, 1.82) is 0 Å². The number of nitrogens with zero attached hydrogens (tertiary/aromatic N) is 1. The number of esters is 1. The second-order valence-corrected chi connectivity index (χ2v) is 5.35. The fourth-order valence-corrected chi connectivity index (χ4v) is 2.61. The van der Waals surface area contributed by atoms with Gasteiger partial charge in [-0.25, -0.2) is 4.79 Å². The second-order valence-electron chi connectivity index (χ2n) is 5.35. The summed E-state index contributed by atoms with van der Waals surface area (Å²) in [4.78, 5) is 22.0. The maximum absolute atomic E-state index is 11.4. The molecule has 120 valence electrons. The Balaban J connectivity index is 2.12. The molecule has 0 saturated heterocycles. The predicted molar refractivity (Wildman–Crippen MR) is 77.9 cm³/mol. The number of aliphatic hydroxyl groups is 1. The van der Waals surface area contributed by atoms with Gasteiger partial charge in [0.25, 0.3) is 0 Å². The van der Waals surface area contributed by atoms with E-state index in [1.807, 2.05) is 0 Å². The van der Waals surface area contributed by atoms with Crippen LogP contribution in [0.1, 0.15) is 36.0 Å². The van der Waals surface area contributed by atoms with Crippen LogP contribution < -0.4 is 4.74 Å². The van der Waals surface area contributed by atoms with Crippen LogP contribution in [0, 0.1) is 16.0 Å². The molecule has 7 nitrogen and oxygen atoms in total. The third-order valence-corrected chi connectivity index (χ3v) is 3.90. The van der Waals surface area contributed by atoms with Gasteiger partial charge < -0.3 is 14.6 Å². The van der Waals surface area contributed by atoms with Crippen LogP contribution in [0.2, 0.25) is 0 Å². The van der Waals surface area contributed by atoms with Gasteiger partial charge in [0.05, 0.1) is 30.3 Å². The first-order valence-corrected chi connectivity index (χ1v) is 7.20. The number of carbonyl (C=O) groups excluding carboxylic acids is 1. The molecule has 2 atom stereocenters. The lowest BCUT2D eigenvalue weighted by Gasteiger charge is -2.27. The van der Waals surface area contributed by atoms with Crippen molar-refractivity contribution in [2.75, 3.05) is 13.7 Å². The average Bonchev–Trinajstić information content (AvgIpc) is 2.53. The molecule has 2 rings (SSSR count). The molecule has 1 N–H and O–H groups in total.